The third-order valence-corrected chi connectivity index (χ3v) is 3.45. The average molecular weight is 215 g/mol. The van der Waals surface area contributed by atoms with Gasteiger partial charge in [-0.15, -0.1) is 11.3 Å². The van der Waals surface area contributed by atoms with E-state index in [2.05, 4.69) is 39.2 Å². The van der Waals surface area contributed by atoms with E-state index in [0.29, 0.717) is 12.0 Å². The van der Waals surface area contributed by atoms with Gasteiger partial charge in [-0.2, -0.15) is 0 Å². The van der Waals surface area contributed by atoms with Crippen molar-refractivity contribution >= 4 is 23.6 Å². The van der Waals surface area contributed by atoms with Crippen LogP contribution in [0.1, 0.15) is 50.2 Å². The second-order valence-electron chi connectivity index (χ2n) is 3.93. The van der Waals surface area contributed by atoms with Gasteiger partial charge in [-0.25, -0.2) is 0 Å². The predicted molar refractivity (Wildman–Crippen MR) is 62.4 cm³/mol. The van der Waals surface area contributed by atoms with Crippen LogP contribution in [0, 0.1) is 10.9 Å². The molecule has 0 fully saturated rings. The van der Waals surface area contributed by atoms with Crippen LogP contribution in [0.5, 0.6) is 0 Å². The van der Waals surface area contributed by atoms with E-state index in [-0.39, 0.29) is 0 Å². The van der Waals surface area contributed by atoms with Gasteiger partial charge in [0.05, 0.1) is 0 Å². The monoisotopic (exact) mass is 215 g/mol. The molecular formula is C10H17NS2. The van der Waals surface area contributed by atoms with Gasteiger partial charge in [0.2, 0.25) is 0 Å². The summed E-state index contributed by atoms with van der Waals surface area (Å²) >= 11 is 7.07. The summed E-state index contributed by atoms with van der Waals surface area (Å²) < 4.78 is 3.29. The highest BCUT2D eigenvalue weighted by Gasteiger charge is 2.14. The second kappa shape index (κ2) is 3.93. The van der Waals surface area contributed by atoms with Gasteiger partial charge in [0, 0.05) is 16.6 Å². The quantitative estimate of drug-likeness (QED) is 0.666. The Morgan fingerprint density at radius 3 is 2.08 bits per heavy atom. The third kappa shape index (κ3) is 2.02. The third-order valence-electron chi connectivity index (χ3n) is 2.12. The zero-order valence-electron chi connectivity index (χ0n) is 8.92. The molecule has 74 valence electrons. The highest BCUT2D eigenvalue weighted by atomic mass is 32.1. The molecule has 0 saturated carbocycles. The van der Waals surface area contributed by atoms with Gasteiger partial charge in [0.25, 0.3) is 0 Å². The molecule has 0 aromatic carbocycles. The van der Waals surface area contributed by atoms with Crippen LogP contribution in [-0.2, 0) is 0 Å². The lowest BCUT2D eigenvalue weighted by molar-refractivity contribution is 0.554. The summed E-state index contributed by atoms with van der Waals surface area (Å²) in [5.41, 5.74) is 1.41. The molecule has 0 unspecified atom stereocenters. The van der Waals surface area contributed by atoms with Crippen molar-refractivity contribution in [1.29, 1.82) is 0 Å². The highest BCUT2D eigenvalue weighted by Crippen LogP contribution is 2.28. The number of hydrogen-bond donors (Lipinski definition) is 0. The van der Waals surface area contributed by atoms with Crippen LogP contribution in [0.3, 0.4) is 0 Å². The van der Waals surface area contributed by atoms with Crippen molar-refractivity contribution in [2.45, 2.75) is 46.6 Å². The lowest BCUT2D eigenvalue weighted by Crippen LogP contribution is -2.07. The Morgan fingerprint density at radius 1 is 1.23 bits per heavy atom. The fourth-order valence-electron chi connectivity index (χ4n) is 1.67. The summed E-state index contributed by atoms with van der Waals surface area (Å²) in [5, 5.41) is 0. The van der Waals surface area contributed by atoms with Crippen molar-refractivity contribution in [3.63, 3.8) is 0 Å². The first-order valence-electron chi connectivity index (χ1n) is 4.67. The van der Waals surface area contributed by atoms with E-state index in [1.165, 1.54) is 10.6 Å². The van der Waals surface area contributed by atoms with Crippen LogP contribution in [0.25, 0.3) is 0 Å². The maximum absolute atomic E-state index is 5.34. The fraction of sp³-hybridized carbons (Fsp3) is 0.700. The van der Waals surface area contributed by atoms with Crippen molar-refractivity contribution < 1.29 is 0 Å². The highest BCUT2D eigenvalue weighted by molar-refractivity contribution is 7.73. The Kier molecular flexibility index (Phi) is 3.30. The molecule has 0 amide bonds. The Balaban J connectivity index is 3.38. The minimum atomic E-state index is 0.481. The van der Waals surface area contributed by atoms with Crippen molar-refractivity contribution in [2.24, 2.45) is 0 Å². The maximum atomic E-state index is 5.34. The lowest BCUT2D eigenvalue weighted by Gasteiger charge is -2.15. The summed E-state index contributed by atoms with van der Waals surface area (Å²) in [6.45, 7) is 11.0. The zero-order chi connectivity index (χ0) is 10.2. The van der Waals surface area contributed by atoms with Crippen LogP contribution in [0.2, 0.25) is 0 Å². The summed E-state index contributed by atoms with van der Waals surface area (Å²) in [6, 6.07) is 0.481. The Bertz CT molecular complexity index is 344. The van der Waals surface area contributed by atoms with Crippen molar-refractivity contribution in [2.75, 3.05) is 0 Å². The minimum absolute atomic E-state index is 0.481. The number of hydrogen-bond acceptors (Lipinski definition) is 2. The normalized spacial score (nSPS) is 11.6. The van der Waals surface area contributed by atoms with Gasteiger partial charge in [-0.3, -0.25) is 0 Å². The molecule has 0 spiro atoms. The number of nitrogens with zero attached hydrogens (tertiary/aromatic N) is 1. The molecule has 13 heavy (non-hydrogen) atoms. The minimum Gasteiger partial charge on any atom is -0.324 e. The summed E-state index contributed by atoms with van der Waals surface area (Å²) in [4.78, 5) is 1.37. The van der Waals surface area contributed by atoms with Gasteiger partial charge in [-0.05, 0) is 38.9 Å². The number of rotatable bonds is 2. The Morgan fingerprint density at radius 2 is 1.77 bits per heavy atom. The van der Waals surface area contributed by atoms with Gasteiger partial charge in [0.15, 0.2) is 3.95 Å². The second-order valence-corrected chi connectivity index (χ2v) is 5.78. The van der Waals surface area contributed by atoms with E-state index in [1.54, 1.807) is 11.3 Å². The first-order chi connectivity index (χ1) is 5.95. The molecule has 0 aliphatic heterocycles. The molecule has 1 aromatic rings. The number of aryl methyl sites for hydroxylation is 1. The Hall–Kier alpha value is -0.150. The molecule has 1 nitrogen and oxygen atoms in total. The molecule has 1 heterocycles. The van der Waals surface area contributed by atoms with Crippen LogP contribution in [-0.4, -0.2) is 4.57 Å². The van der Waals surface area contributed by atoms with Crippen LogP contribution in [0.15, 0.2) is 0 Å². The van der Waals surface area contributed by atoms with E-state index in [4.69, 9.17) is 12.2 Å². The molecule has 0 bridgehead atoms. The van der Waals surface area contributed by atoms with E-state index in [0.717, 1.165) is 3.95 Å². The van der Waals surface area contributed by atoms with Crippen molar-refractivity contribution in [1.82, 2.24) is 4.57 Å². The smallest absolute Gasteiger partial charge is 0.161 e. The maximum Gasteiger partial charge on any atom is 0.161 e. The van der Waals surface area contributed by atoms with E-state index >= 15 is 0 Å². The topological polar surface area (TPSA) is 4.93 Å². The lowest BCUT2D eigenvalue weighted by atomic mass is 10.1. The SMILES string of the molecule is Cc1sc(=S)n(C(C)C)c1C(C)C. The van der Waals surface area contributed by atoms with E-state index in [1.807, 2.05) is 0 Å². The van der Waals surface area contributed by atoms with Crippen LogP contribution < -0.4 is 0 Å². The number of aromatic nitrogens is 1. The Labute approximate surface area is 89.4 Å². The summed E-state index contributed by atoms with van der Waals surface area (Å²) in [5.74, 6) is 0.565. The van der Waals surface area contributed by atoms with Gasteiger partial charge in [0.1, 0.15) is 0 Å². The molecule has 0 atom stereocenters. The standard InChI is InChI=1S/C10H17NS2/c1-6(2)9-8(5)13-10(12)11(9)7(3)4/h6-7H,1-5H3. The molecule has 1 rings (SSSR count). The zero-order valence-corrected chi connectivity index (χ0v) is 10.6. The van der Waals surface area contributed by atoms with Gasteiger partial charge < -0.3 is 4.57 Å². The number of thiazole rings is 1. The molecule has 0 saturated heterocycles. The van der Waals surface area contributed by atoms with Crippen molar-refractivity contribution in [3.05, 3.63) is 14.5 Å². The summed E-state index contributed by atoms with van der Waals surface area (Å²) in [6.07, 6.45) is 0. The molecule has 3 heteroatoms. The summed E-state index contributed by atoms with van der Waals surface area (Å²) in [7, 11) is 0. The van der Waals surface area contributed by atoms with E-state index < -0.39 is 0 Å². The van der Waals surface area contributed by atoms with Gasteiger partial charge in [-0.1, -0.05) is 13.8 Å². The fourth-order valence-corrected chi connectivity index (χ4v) is 3.47. The van der Waals surface area contributed by atoms with E-state index in [9.17, 15) is 0 Å². The molecular weight excluding hydrogens is 198 g/mol. The molecule has 0 radical (unpaired) electrons. The van der Waals surface area contributed by atoms with Crippen LogP contribution in [0.4, 0.5) is 0 Å². The molecule has 1 aromatic heterocycles. The first-order valence-corrected chi connectivity index (χ1v) is 5.89. The van der Waals surface area contributed by atoms with Gasteiger partial charge >= 0.3 is 0 Å². The average Bonchev–Trinajstić information content (AvgIpc) is 2.24. The van der Waals surface area contributed by atoms with Crippen molar-refractivity contribution in [3.8, 4) is 0 Å². The van der Waals surface area contributed by atoms with Crippen LogP contribution >= 0.6 is 23.6 Å². The molecule has 0 N–H and O–H groups in total. The predicted octanol–water partition coefficient (Wildman–Crippen LogP) is 4.29. The molecule has 0 aliphatic rings. The first kappa shape index (κ1) is 10.9. The largest absolute Gasteiger partial charge is 0.324 e. The molecule has 0 aliphatic carbocycles.